The number of nitrogens with zero attached hydrogens (tertiary/aromatic N) is 3. The maximum Gasteiger partial charge on any atom is 0.305 e. The molecule has 1 rings (SSSR count). The van der Waals surface area contributed by atoms with Crippen molar-refractivity contribution < 1.29 is 9.53 Å². The monoisotopic (exact) mass is 224 g/mol. The number of aromatic nitrogens is 2. The third-order valence-corrected chi connectivity index (χ3v) is 2.16. The Morgan fingerprint density at radius 3 is 2.81 bits per heavy atom. The summed E-state index contributed by atoms with van der Waals surface area (Å²) in [6.07, 6.45) is 1.12. The number of esters is 1. The second-order valence-corrected chi connectivity index (χ2v) is 3.42. The summed E-state index contributed by atoms with van der Waals surface area (Å²) in [6.45, 7) is 0.716. The maximum atomic E-state index is 10.9. The fourth-order valence-corrected chi connectivity index (χ4v) is 1.22. The number of methoxy groups -OCH3 is 1. The predicted molar refractivity (Wildman–Crippen MR) is 61.0 cm³/mol. The number of nitrogens with two attached hydrogens (primary N) is 1. The van der Waals surface area contributed by atoms with Gasteiger partial charge in [0.05, 0.1) is 7.11 Å². The summed E-state index contributed by atoms with van der Waals surface area (Å²) in [6, 6.07) is 3.49. The number of carbonyl (C=O) groups is 1. The van der Waals surface area contributed by atoms with Gasteiger partial charge in [0.15, 0.2) is 5.82 Å². The molecular weight excluding hydrogens is 208 g/mol. The van der Waals surface area contributed by atoms with Gasteiger partial charge in [0.2, 0.25) is 0 Å². The van der Waals surface area contributed by atoms with Crippen molar-refractivity contribution >= 4 is 17.6 Å². The van der Waals surface area contributed by atoms with Crippen LogP contribution in [0.15, 0.2) is 12.1 Å². The SMILES string of the molecule is COC(=O)CCCN(C)c1ccc(N)nn1. The summed E-state index contributed by atoms with van der Waals surface area (Å²) in [5, 5.41) is 7.68. The third-order valence-electron chi connectivity index (χ3n) is 2.16. The summed E-state index contributed by atoms with van der Waals surface area (Å²) >= 11 is 0. The normalized spacial score (nSPS) is 9.88. The highest BCUT2D eigenvalue weighted by atomic mass is 16.5. The van der Waals surface area contributed by atoms with Gasteiger partial charge in [-0.05, 0) is 18.6 Å². The molecule has 0 fully saturated rings. The van der Waals surface area contributed by atoms with Gasteiger partial charge in [-0.1, -0.05) is 0 Å². The molecule has 6 heteroatoms. The number of nitrogen functional groups attached to an aromatic ring is 1. The highest BCUT2D eigenvalue weighted by Crippen LogP contribution is 2.08. The van der Waals surface area contributed by atoms with Gasteiger partial charge in [0.25, 0.3) is 0 Å². The summed E-state index contributed by atoms with van der Waals surface area (Å²) in [5.74, 6) is 0.933. The summed E-state index contributed by atoms with van der Waals surface area (Å²) in [4.78, 5) is 12.8. The summed E-state index contributed by atoms with van der Waals surface area (Å²) in [5.41, 5.74) is 5.43. The van der Waals surface area contributed by atoms with Crippen LogP contribution in [0.1, 0.15) is 12.8 Å². The van der Waals surface area contributed by atoms with E-state index in [1.807, 2.05) is 11.9 Å². The Hall–Kier alpha value is -1.85. The van der Waals surface area contributed by atoms with E-state index >= 15 is 0 Å². The number of hydrogen-bond donors (Lipinski definition) is 1. The Bertz CT molecular complexity index is 339. The first-order valence-corrected chi connectivity index (χ1v) is 5.00. The molecule has 0 aliphatic heterocycles. The van der Waals surface area contributed by atoms with E-state index in [2.05, 4.69) is 14.9 Å². The van der Waals surface area contributed by atoms with E-state index in [1.54, 1.807) is 12.1 Å². The lowest BCUT2D eigenvalue weighted by Crippen LogP contribution is -2.21. The van der Waals surface area contributed by atoms with Crippen LogP contribution in [0.4, 0.5) is 11.6 Å². The number of ether oxygens (including phenoxy) is 1. The van der Waals surface area contributed by atoms with Crippen molar-refractivity contribution in [2.24, 2.45) is 0 Å². The lowest BCUT2D eigenvalue weighted by atomic mass is 10.3. The quantitative estimate of drug-likeness (QED) is 0.731. The van der Waals surface area contributed by atoms with Crippen molar-refractivity contribution in [1.29, 1.82) is 0 Å². The molecular formula is C10H16N4O2. The largest absolute Gasteiger partial charge is 0.469 e. The summed E-state index contributed by atoms with van der Waals surface area (Å²) in [7, 11) is 3.27. The van der Waals surface area contributed by atoms with E-state index in [1.165, 1.54) is 7.11 Å². The average Bonchev–Trinajstić information content (AvgIpc) is 2.29. The molecule has 0 amide bonds. The van der Waals surface area contributed by atoms with Gasteiger partial charge >= 0.3 is 5.97 Å². The zero-order valence-corrected chi connectivity index (χ0v) is 9.51. The lowest BCUT2D eigenvalue weighted by molar-refractivity contribution is -0.140. The molecule has 1 aromatic rings. The molecule has 0 radical (unpaired) electrons. The van der Waals surface area contributed by atoms with Gasteiger partial charge in [-0.25, -0.2) is 0 Å². The fraction of sp³-hybridized carbons (Fsp3) is 0.500. The van der Waals surface area contributed by atoms with Gasteiger partial charge < -0.3 is 15.4 Å². The van der Waals surface area contributed by atoms with Crippen molar-refractivity contribution in [2.45, 2.75) is 12.8 Å². The van der Waals surface area contributed by atoms with Gasteiger partial charge in [0.1, 0.15) is 5.82 Å². The van der Waals surface area contributed by atoms with Crippen LogP contribution in [-0.2, 0) is 9.53 Å². The van der Waals surface area contributed by atoms with Crippen molar-refractivity contribution in [3.05, 3.63) is 12.1 Å². The van der Waals surface area contributed by atoms with Gasteiger partial charge in [-0.15, -0.1) is 10.2 Å². The van der Waals surface area contributed by atoms with Gasteiger partial charge in [-0.2, -0.15) is 0 Å². The van der Waals surface area contributed by atoms with Crippen LogP contribution in [0.2, 0.25) is 0 Å². The third kappa shape index (κ3) is 3.72. The van der Waals surface area contributed by atoms with Crippen molar-refractivity contribution in [1.82, 2.24) is 10.2 Å². The summed E-state index contributed by atoms with van der Waals surface area (Å²) < 4.78 is 4.55. The molecule has 0 spiro atoms. The molecule has 16 heavy (non-hydrogen) atoms. The van der Waals surface area contributed by atoms with Crippen LogP contribution in [0.3, 0.4) is 0 Å². The second-order valence-electron chi connectivity index (χ2n) is 3.42. The highest BCUT2D eigenvalue weighted by Gasteiger charge is 2.05. The smallest absolute Gasteiger partial charge is 0.305 e. The zero-order valence-electron chi connectivity index (χ0n) is 9.51. The minimum absolute atomic E-state index is 0.197. The molecule has 0 bridgehead atoms. The van der Waals surface area contributed by atoms with Crippen LogP contribution < -0.4 is 10.6 Å². The van der Waals surface area contributed by atoms with Crippen LogP contribution in [0.5, 0.6) is 0 Å². The van der Waals surface area contributed by atoms with E-state index in [-0.39, 0.29) is 5.97 Å². The number of anilines is 2. The van der Waals surface area contributed by atoms with Crippen LogP contribution in [-0.4, -0.2) is 36.9 Å². The fourth-order valence-electron chi connectivity index (χ4n) is 1.22. The average molecular weight is 224 g/mol. The molecule has 0 atom stereocenters. The van der Waals surface area contributed by atoms with Crippen LogP contribution in [0, 0.1) is 0 Å². The highest BCUT2D eigenvalue weighted by molar-refractivity contribution is 5.69. The Morgan fingerprint density at radius 2 is 2.25 bits per heavy atom. The molecule has 6 nitrogen and oxygen atoms in total. The number of carbonyl (C=O) groups excluding carboxylic acids is 1. The van der Waals surface area contributed by atoms with Crippen LogP contribution >= 0.6 is 0 Å². The van der Waals surface area contributed by atoms with Crippen LogP contribution in [0.25, 0.3) is 0 Å². The van der Waals surface area contributed by atoms with Crippen molar-refractivity contribution in [3.63, 3.8) is 0 Å². The van der Waals surface area contributed by atoms with E-state index < -0.39 is 0 Å². The first-order chi connectivity index (χ1) is 7.63. The molecule has 0 aliphatic rings. The molecule has 1 heterocycles. The molecule has 0 unspecified atom stereocenters. The first-order valence-electron chi connectivity index (χ1n) is 5.00. The minimum Gasteiger partial charge on any atom is -0.469 e. The first kappa shape index (κ1) is 12.2. The Morgan fingerprint density at radius 1 is 1.50 bits per heavy atom. The molecule has 88 valence electrons. The Balaban J connectivity index is 2.37. The van der Waals surface area contributed by atoms with Crippen molar-refractivity contribution in [2.75, 3.05) is 31.3 Å². The number of rotatable bonds is 5. The lowest BCUT2D eigenvalue weighted by Gasteiger charge is -2.16. The molecule has 1 aromatic heterocycles. The molecule has 0 aliphatic carbocycles. The molecule has 0 aromatic carbocycles. The van der Waals surface area contributed by atoms with E-state index in [9.17, 15) is 4.79 Å². The molecule has 2 N–H and O–H groups in total. The molecule has 0 saturated carbocycles. The predicted octanol–water partition coefficient (Wildman–Crippen LogP) is 0.448. The topological polar surface area (TPSA) is 81.3 Å². The van der Waals surface area contributed by atoms with E-state index in [0.29, 0.717) is 18.8 Å². The Kier molecular flexibility index (Phi) is 4.50. The van der Waals surface area contributed by atoms with E-state index in [0.717, 1.165) is 12.2 Å². The van der Waals surface area contributed by atoms with E-state index in [4.69, 9.17) is 5.73 Å². The van der Waals surface area contributed by atoms with Gasteiger partial charge in [0, 0.05) is 20.0 Å². The number of hydrogen-bond acceptors (Lipinski definition) is 6. The zero-order chi connectivity index (χ0) is 12.0. The standard InChI is InChI=1S/C10H16N4O2/c1-14(7-3-4-10(15)16-2)9-6-5-8(11)12-13-9/h5-6H,3-4,7H2,1-2H3,(H2,11,12). The van der Waals surface area contributed by atoms with Gasteiger partial charge in [-0.3, -0.25) is 4.79 Å². The molecule has 0 saturated heterocycles. The maximum absolute atomic E-state index is 10.9. The van der Waals surface area contributed by atoms with Crippen molar-refractivity contribution in [3.8, 4) is 0 Å². The Labute approximate surface area is 94.4 Å². The second kappa shape index (κ2) is 5.89. The minimum atomic E-state index is -0.197.